The van der Waals surface area contributed by atoms with E-state index in [9.17, 15) is 14.5 Å². The van der Waals surface area contributed by atoms with Gasteiger partial charge in [0.05, 0.1) is 15.5 Å². The first-order valence-corrected chi connectivity index (χ1v) is 6.46. The van der Waals surface area contributed by atoms with Crippen LogP contribution in [0, 0.1) is 15.9 Å². The van der Waals surface area contributed by atoms with E-state index in [0.29, 0.717) is 5.56 Å². The molecule has 1 aromatic heterocycles. The zero-order valence-electron chi connectivity index (χ0n) is 10.9. The van der Waals surface area contributed by atoms with Crippen LogP contribution in [0.3, 0.4) is 0 Å². The highest BCUT2D eigenvalue weighted by atomic mass is 35.5. The first kappa shape index (κ1) is 14.2. The van der Waals surface area contributed by atoms with Gasteiger partial charge in [-0.05, 0) is 30.3 Å². The molecule has 0 aliphatic heterocycles. The molecule has 2 aromatic carbocycles. The van der Waals surface area contributed by atoms with Crippen LogP contribution in [0.1, 0.15) is 0 Å². The van der Waals surface area contributed by atoms with E-state index in [1.54, 1.807) is 0 Å². The fourth-order valence-corrected chi connectivity index (χ4v) is 2.04. The molecule has 0 atom stereocenters. The largest absolute Gasteiger partial charge is 0.334 e. The summed E-state index contributed by atoms with van der Waals surface area (Å²) in [6, 6.07) is 9.46. The summed E-state index contributed by atoms with van der Waals surface area (Å²) in [7, 11) is 0. The molecule has 0 saturated carbocycles. The second-order valence-corrected chi connectivity index (χ2v) is 4.76. The second-order valence-electron chi connectivity index (χ2n) is 4.35. The van der Waals surface area contributed by atoms with Crippen molar-refractivity contribution in [2.24, 2.45) is 0 Å². The van der Waals surface area contributed by atoms with Crippen LogP contribution in [0.5, 0.6) is 0 Å². The Bertz CT molecular complexity index is 849. The predicted octanol–water partition coefficient (Wildman–Crippen LogP) is 4.10. The average molecular weight is 320 g/mol. The summed E-state index contributed by atoms with van der Waals surface area (Å²) in [5.41, 5.74) is 0.676. The number of halogens is 2. The SMILES string of the molecule is O=[N+]([O-])c1ccc(Cl)c(-c2nc(-c3ccc(F)cc3)no2)c1. The molecular formula is C14H7ClFN3O3. The van der Waals surface area contributed by atoms with Crippen LogP contribution < -0.4 is 0 Å². The summed E-state index contributed by atoms with van der Waals surface area (Å²) in [5.74, 6) is -0.0974. The van der Waals surface area contributed by atoms with Crippen molar-refractivity contribution in [2.75, 3.05) is 0 Å². The van der Waals surface area contributed by atoms with Crippen molar-refractivity contribution < 1.29 is 13.8 Å². The number of rotatable bonds is 3. The number of benzene rings is 2. The van der Waals surface area contributed by atoms with E-state index in [0.717, 1.165) is 0 Å². The zero-order chi connectivity index (χ0) is 15.7. The minimum atomic E-state index is -0.545. The zero-order valence-corrected chi connectivity index (χ0v) is 11.6. The van der Waals surface area contributed by atoms with Gasteiger partial charge in [-0.25, -0.2) is 4.39 Å². The summed E-state index contributed by atoms with van der Waals surface area (Å²) in [4.78, 5) is 14.4. The number of hydrogen-bond acceptors (Lipinski definition) is 5. The molecule has 0 spiro atoms. The topological polar surface area (TPSA) is 82.1 Å². The molecule has 3 aromatic rings. The normalized spacial score (nSPS) is 10.6. The van der Waals surface area contributed by atoms with Crippen molar-refractivity contribution in [3.8, 4) is 22.8 Å². The van der Waals surface area contributed by atoms with Gasteiger partial charge in [-0.1, -0.05) is 16.8 Å². The van der Waals surface area contributed by atoms with Gasteiger partial charge in [0.2, 0.25) is 5.82 Å². The van der Waals surface area contributed by atoms with E-state index >= 15 is 0 Å². The van der Waals surface area contributed by atoms with Crippen LogP contribution in [0.2, 0.25) is 5.02 Å². The molecule has 0 radical (unpaired) electrons. The van der Waals surface area contributed by atoms with Gasteiger partial charge in [-0.2, -0.15) is 4.98 Å². The van der Waals surface area contributed by atoms with Crippen LogP contribution in [0.4, 0.5) is 10.1 Å². The van der Waals surface area contributed by atoms with Gasteiger partial charge in [-0.15, -0.1) is 0 Å². The van der Waals surface area contributed by atoms with Crippen LogP contribution in [0.15, 0.2) is 47.0 Å². The van der Waals surface area contributed by atoms with Gasteiger partial charge in [0.25, 0.3) is 11.6 Å². The average Bonchev–Trinajstić information content (AvgIpc) is 2.98. The minimum absolute atomic E-state index is 0.0491. The maximum atomic E-state index is 12.9. The molecule has 0 unspecified atom stereocenters. The molecule has 0 fully saturated rings. The molecule has 0 N–H and O–H groups in total. The lowest BCUT2D eigenvalue weighted by atomic mass is 10.2. The van der Waals surface area contributed by atoms with E-state index in [2.05, 4.69) is 10.1 Å². The Labute approximate surface area is 128 Å². The Balaban J connectivity index is 2.02. The third-order valence-electron chi connectivity index (χ3n) is 2.92. The summed E-state index contributed by atoms with van der Waals surface area (Å²) in [6.07, 6.45) is 0. The summed E-state index contributed by atoms with van der Waals surface area (Å²) in [5, 5.41) is 14.8. The standard InChI is InChI=1S/C14H7ClFN3O3/c15-12-6-5-10(19(20)21)7-11(12)14-17-13(18-22-14)8-1-3-9(16)4-2-8/h1-7H. The van der Waals surface area contributed by atoms with Crippen LogP contribution >= 0.6 is 11.6 Å². The van der Waals surface area contributed by atoms with Gasteiger partial charge < -0.3 is 4.52 Å². The van der Waals surface area contributed by atoms with E-state index in [4.69, 9.17) is 16.1 Å². The lowest BCUT2D eigenvalue weighted by Gasteiger charge is -1.98. The summed E-state index contributed by atoms with van der Waals surface area (Å²) in [6.45, 7) is 0. The maximum Gasteiger partial charge on any atom is 0.270 e. The Morgan fingerprint density at radius 2 is 1.91 bits per heavy atom. The van der Waals surface area contributed by atoms with Crippen molar-refractivity contribution >= 4 is 17.3 Å². The van der Waals surface area contributed by atoms with Crippen molar-refractivity contribution in [3.05, 3.63) is 63.4 Å². The van der Waals surface area contributed by atoms with Crippen molar-refractivity contribution in [1.29, 1.82) is 0 Å². The number of aromatic nitrogens is 2. The highest BCUT2D eigenvalue weighted by Crippen LogP contribution is 2.31. The Kier molecular flexibility index (Phi) is 3.56. The maximum absolute atomic E-state index is 12.9. The molecule has 0 saturated heterocycles. The number of nitro benzene ring substituents is 1. The quantitative estimate of drug-likeness (QED) is 0.536. The van der Waals surface area contributed by atoms with Crippen molar-refractivity contribution in [2.45, 2.75) is 0 Å². The van der Waals surface area contributed by atoms with Gasteiger partial charge >= 0.3 is 0 Å². The first-order chi connectivity index (χ1) is 10.5. The molecule has 22 heavy (non-hydrogen) atoms. The third kappa shape index (κ3) is 2.66. The van der Waals surface area contributed by atoms with Crippen LogP contribution in [0.25, 0.3) is 22.8 Å². The van der Waals surface area contributed by atoms with Gasteiger partial charge in [-0.3, -0.25) is 10.1 Å². The highest BCUT2D eigenvalue weighted by molar-refractivity contribution is 6.33. The number of nitro groups is 1. The molecule has 6 nitrogen and oxygen atoms in total. The lowest BCUT2D eigenvalue weighted by molar-refractivity contribution is -0.384. The van der Waals surface area contributed by atoms with Crippen LogP contribution in [-0.2, 0) is 0 Å². The minimum Gasteiger partial charge on any atom is -0.334 e. The monoisotopic (exact) mass is 319 g/mol. The molecule has 0 aliphatic carbocycles. The number of nitrogens with zero attached hydrogens (tertiary/aromatic N) is 3. The van der Waals surface area contributed by atoms with Gasteiger partial charge in [0.15, 0.2) is 0 Å². The first-order valence-electron chi connectivity index (χ1n) is 6.08. The molecular weight excluding hydrogens is 313 g/mol. The Hall–Kier alpha value is -2.80. The Morgan fingerprint density at radius 3 is 2.59 bits per heavy atom. The van der Waals surface area contributed by atoms with Crippen LogP contribution in [-0.4, -0.2) is 15.1 Å². The number of hydrogen-bond donors (Lipinski definition) is 0. The predicted molar refractivity (Wildman–Crippen MR) is 76.8 cm³/mol. The fraction of sp³-hybridized carbons (Fsp3) is 0. The molecule has 0 amide bonds. The molecule has 1 heterocycles. The fourth-order valence-electron chi connectivity index (χ4n) is 1.84. The molecule has 0 bridgehead atoms. The molecule has 3 rings (SSSR count). The molecule has 110 valence electrons. The smallest absolute Gasteiger partial charge is 0.270 e. The van der Waals surface area contributed by atoms with Crippen molar-refractivity contribution in [1.82, 2.24) is 10.1 Å². The van der Waals surface area contributed by atoms with E-state index in [1.165, 1.54) is 42.5 Å². The second kappa shape index (κ2) is 5.53. The highest BCUT2D eigenvalue weighted by Gasteiger charge is 2.17. The van der Waals surface area contributed by atoms with E-state index in [1.807, 2.05) is 0 Å². The van der Waals surface area contributed by atoms with Gasteiger partial charge in [0, 0.05) is 17.7 Å². The third-order valence-corrected chi connectivity index (χ3v) is 3.25. The lowest BCUT2D eigenvalue weighted by Crippen LogP contribution is -1.89. The molecule has 8 heteroatoms. The Morgan fingerprint density at radius 1 is 1.18 bits per heavy atom. The van der Waals surface area contributed by atoms with Gasteiger partial charge in [0.1, 0.15) is 5.82 Å². The van der Waals surface area contributed by atoms with E-state index < -0.39 is 4.92 Å². The summed E-state index contributed by atoms with van der Waals surface area (Å²) >= 11 is 6.01. The summed E-state index contributed by atoms with van der Waals surface area (Å²) < 4.78 is 18.0. The number of non-ortho nitro benzene ring substituents is 1. The molecule has 0 aliphatic rings. The van der Waals surface area contributed by atoms with Crippen molar-refractivity contribution in [3.63, 3.8) is 0 Å². The van der Waals surface area contributed by atoms with E-state index in [-0.39, 0.29) is 33.8 Å².